The minimum Gasteiger partial charge on any atom is -0.511 e. The predicted octanol–water partition coefficient (Wildman–Crippen LogP) is 2.93. The SMILES string of the molecule is C=C(O)[C@H](N)Cc1ccc(C(C)(C)C)cc1. The predicted molar refractivity (Wildman–Crippen MR) is 68.6 cm³/mol. The fourth-order valence-corrected chi connectivity index (χ4v) is 1.51. The number of benzene rings is 1. The smallest absolute Gasteiger partial charge is 0.102 e. The molecule has 1 rings (SSSR count). The molecule has 0 aromatic heterocycles. The molecule has 16 heavy (non-hydrogen) atoms. The Morgan fingerprint density at radius 1 is 1.31 bits per heavy atom. The Morgan fingerprint density at radius 2 is 1.81 bits per heavy atom. The van der Waals surface area contributed by atoms with Gasteiger partial charge in [-0.15, -0.1) is 0 Å². The van der Waals surface area contributed by atoms with E-state index in [0.717, 1.165) is 5.56 Å². The van der Waals surface area contributed by atoms with Crippen molar-refractivity contribution in [2.24, 2.45) is 5.73 Å². The number of hydrogen-bond donors (Lipinski definition) is 2. The fourth-order valence-electron chi connectivity index (χ4n) is 1.51. The van der Waals surface area contributed by atoms with Gasteiger partial charge in [-0.1, -0.05) is 51.6 Å². The lowest BCUT2D eigenvalue weighted by Crippen LogP contribution is -2.24. The summed E-state index contributed by atoms with van der Waals surface area (Å²) in [7, 11) is 0. The highest BCUT2D eigenvalue weighted by Gasteiger charge is 2.13. The second-order valence-corrected chi connectivity index (χ2v) is 5.25. The number of aliphatic hydroxyl groups excluding tert-OH is 1. The molecule has 2 nitrogen and oxygen atoms in total. The third kappa shape index (κ3) is 3.38. The first-order valence-electron chi connectivity index (χ1n) is 5.53. The minimum atomic E-state index is -0.375. The Balaban J connectivity index is 2.76. The highest BCUT2D eigenvalue weighted by Crippen LogP contribution is 2.22. The first-order valence-corrected chi connectivity index (χ1v) is 5.53. The van der Waals surface area contributed by atoms with E-state index in [2.05, 4.69) is 51.6 Å². The summed E-state index contributed by atoms with van der Waals surface area (Å²) in [6.45, 7) is 9.99. The summed E-state index contributed by atoms with van der Waals surface area (Å²) in [6, 6.07) is 7.97. The van der Waals surface area contributed by atoms with Crippen molar-refractivity contribution in [3.05, 3.63) is 47.7 Å². The fraction of sp³-hybridized carbons (Fsp3) is 0.429. The maximum atomic E-state index is 9.15. The maximum Gasteiger partial charge on any atom is 0.102 e. The number of rotatable bonds is 3. The standard InChI is InChI=1S/C14H21NO/c1-10(16)13(15)9-11-5-7-12(8-6-11)14(2,3)4/h5-8,13,16H,1,9,15H2,2-4H3/t13-/m1/s1. The Kier molecular flexibility index (Phi) is 3.76. The zero-order valence-electron chi connectivity index (χ0n) is 10.3. The molecule has 0 aliphatic rings. The van der Waals surface area contributed by atoms with Crippen LogP contribution in [0.5, 0.6) is 0 Å². The molecule has 0 spiro atoms. The van der Waals surface area contributed by atoms with E-state index in [9.17, 15) is 0 Å². The third-order valence-electron chi connectivity index (χ3n) is 2.70. The van der Waals surface area contributed by atoms with Gasteiger partial charge in [0.15, 0.2) is 0 Å². The average Bonchev–Trinajstić information content (AvgIpc) is 2.17. The van der Waals surface area contributed by atoms with Crippen LogP contribution in [0.1, 0.15) is 31.9 Å². The molecule has 88 valence electrons. The van der Waals surface area contributed by atoms with Crippen molar-refractivity contribution >= 4 is 0 Å². The van der Waals surface area contributed by atoms with E-state index in [-0.39, 0.29) is 17.2 Å². The molecule has 2 heteroatoms. The second-order valence-electron chi connectivity index (χ2n) is 5.25. The largest absolute Gasteiger partial charge is 0.511 e. The lowest BCUT2D eigenvalue weighted by molar-refractivity contribution is 0.368. The molecule has 0 radical (unpaired) electrons. The second kappa shape index (κ2) is 4.71. The van der Waals surface area contributed by atoms with Gasteiger partial charge in [-0.2, -0.15) is 0 Å². The summed E-state index contributed by atoms with van der Waals surface area (Å²) in [5, 5.41) is 9.15. The van der Waals surface area contributed by atoms with Crippen LogP contribution in [0.2, 0.25) is 0 Å². The maximum absolute atomic E-state index is 9.15. The summed E-state index contributed by atoms with van der Waals surface area (Å²) in [5.41, 5.74) is 8.31. The van der Waals surface area contributed by atoms with E-state index in [1.807, 2.05) is 0 Å². The molecule has 1 atom stereocenters. The van der Waals surface area contributed by atoms with Crippen molar-refractivity contribution in [3.63, 3.8) is 0 Å². The van der Waals surface area contributed by atoms with Gasteiger partial charge in [-0.05, 0) is 23.0 Å². The summed E-state index contributed by atoms with van der Waals surface area (Å²) >= 11 is 0. The van der Waals surface area contributed by atoms with Crippen molar-refractivity contribution < 1.29 is 5.11 Å². The molecule has 1 aromatic carbocycles. The van der Waals surface area contributed by atoms with Crippen molar-refractivity contribution in [2.45, 2.75) is 38.6 Å². The highest BCUT2D eigenvalue weighted by atomic mass is 16.3. The Labute approximate surface area is 97.8 Å². The van der Waals surface area contributed by atoms with Gasteiger partial charge in [0.25, 0.3) is 0 Å². The zero-order valence-corrected chi connectivity index (χ0v) is 10.3. The molecule has 0 aliphatic carbocycles. The van der Waals surface area contributed by atoms with E-state index in [4.69, 9.17) is 10.8 Å². The molecular weight excluding hydrogens is 198 g/mol. The first-order chi connectivity index (χ1) is 7.30. The van der Waals surface area contributed by atoms with Crippen molar-refractivity contribution in [3.8, 4) is 0 Å². The van der Waals surface area contributed by atoms with Crippen LogP contribution < -0.4 is 5.73 Å². The third-order valence-corrected chi connectivity index (χ3v) is 2.70. The molecule has 0 fully saturated rings. The lowest BCUT2D eigenvalue weighted by Gasteiger charge is -2.19. The van der Waals surface area contributed by atoms with Crippen LogP contribution in [0.4, 0.5) is 0 Å². The van der Waals surface area contributed by atoms with E-state index in [0.29, 0.717) is 6.42 Å². The van der Waals surface area contributed by atoms with Crippen molar-refractivity contribution in [2.75, 3.05) is 0 Å². The normalized spacial score (nSPS) is 13.5. The molecule has 0 saturated carbocycles. The molecule has 0 unspecified atom stereocenters. The van der Waals surface area contributed by atoms with Crippen molar-refractivity contribution in [1.82, 2.24) is 0 Å². The highest BCUT2D eigenvalue weighted by molar-refractivity contribution is 5.28. The quantitative estimate of drug-likeness (QED) is 0.768. The van der Waals surface area contributed by atoms with Gasteiger partial charge >= 0.3 is 0 Å². The van der Waals surface area contributed by atoms with Gasteiger partial charge in [0.2, 0.25) is 0 Å². The first kappa shape index (κ1) is 12.8. The average molecular weight is 219 g/mol. The van der Waals surface area contributed by atoms with Crippen LogP contribution in [0.15, 0.2) is 36.6 Å². The van der Waals surface area contributed by atoms with Gasteiger partial charge in [0.1, 0.15) is 5.76 Å². The molecule has 3 N–H and O–H groups in total. The number of nitrogens with two attached hydrogens (primary N) is 1. The van der Waals surface area contributed by atoms with Gasteiger partial charge in [-0.25, -0.2) is 0 Å². The van der Waals surface area contributed by atoms with E-state index in [1.165, 1.54) is 5.56 Å². The van der Waals surface area contributed by atoms with Crippen LogP contribution in [-0.4, -0.2) is 11.1 Å². The summed E-state index contributed by atoms with van der Waals surface area (Å²) in [5.74, 6) is 0.0416. The molecular formula is C14H21NO. The summed E-state index contributed by atoms with van der Waals surface area (Å²) in [6.07, 6.45) is 0.625. The molecule has 0 amide bonds. The Morgan fingerprint density at radius 3 is 2.19 bits per heavy atom. The van der Waals surface area contributed by atoms with Gasteiger partial charge in [0.05, 0.1) is 6.04 Å². The van der Waals surface area contributed by atoms with Gasteiger partial charge in [-0.3, -0.25) is 0 Å². The summed E-state index contributed by atoms with van der Waals surface area (Å²) in [4.78, 5) is 0. The molecule has 0 saturated heterocycles. The summed E-state index contributed by atoms with van der Waals surface area (Å²) < 4.78 is 0. The monoisotopic (exact) mass is 219 g/mol. The zero-order chi connectivity index (χ0) is 12.3. The number of aliphatic hydroxyl groups is 1. The molecule has 1 aromatic rings. The molecule has 0 aliphatic heterocycles. The molecule has 0 bridgehead atoms. The van der Waals surface area contributed by atoms with Gasteiger partial charge < -0.3 is 10.8 Å². The molecule has 0 heterocycles. The Bertz CT molecular complexity index is 359. The van der Waals surface area contributed by atoms with E-state index >= 15 is 0 Å². The van der Waals surface area contributed by atoms with Crippen LogP contribution in [0.3, 0.4) is 0 Å². The lowest BCUT2D eigenvalue weighted by atomic mass is 9.86. The number of hydrogen-bond acceptors (Lipinski definition) is 2. The van der Waals surface area contributed by atoms with Crippen LogP contribution >= 0.6 is 0 Å². The topological polar surface area (TPSA) is 46.2 Å². The van der Waals surface area contributed by atoms with Crippen LogP contribution in [0.25, 0.3) is 0 Å². The van der Waals surface area contributed by atoms with Crippen LogP contribution in [-0.2, 0) is 11.8 Å². The van der Waals surface area contributed by atoms with Crippen LogP contribution in [0, 0.1) is 0 Å². The van der Waals surface area contributed by atoms with Crippen molar-refractivity contribution in [1.29, 1.82) is 0 Å². The van der Waals surface area contributed by atoms with E-state index < -0.39 is 0 Å². The van der Waals surface area contributed by atoms with Gasteiger partial charge in [0, 0.05) is 0 Å². The van der Waals surface area contributed by atoms with E-state index in [1.54, 1.807) is 0 Å². The minimum absolute atomic E-state index is 0.0416. The Hall–Kier alpha value is -1.28.